The molecule has 1 aromatic heterocycles. The van der Waals surface area contributed by atoms with E-state index >= 15 is 0 Å². The molecule has 0 aromatic carbocycles. The number of nitrogens with zero attached hydrogens (tertiary/aromatic N) is 3. The molecule has 0 aliphatic heterocycles. The molecule has 17 heavy (non-hydrogen) atoms. The third-order valence-electron chi connectivity index (χ3n) is 2.79. The lowest BCUT2D eigenvalue weighted by Crippen LogP contribution is -2.35. The zero-order valence-corrected chi connectivity index (χ0v) is 10.6. The van der Waals surface area contributed by atoms with Crippen molar-refractivity contribution in [2.45, 2.75) is 38.6 Å². The summed E-state index contributed by atoms with van der Waals surface area (Å²) in [4.78, 5) is 12.5. The molecule has 1 heterocycles. The van der Waals surface area contributed by atoms with Gasteiger partial charge in [-0.25, -0.2) is 0 Å². The second-order valence-electron chi connectivity index (χ2n) is 4.56. The predicted molar refractivity (Wildman–Crippen MR) is 63.6 cm³/mol. The van der Waals surface area contributed by atoms with Gasteiger partial charge in [-0.1, -0.05) is 18.3 Å². The molecule has 0 saturated heterocycles. The smallest absolute Gasteiger partial charge is 0.266 e. The van der Waals surface area contributed by atoms with E-state index in [4.69, 9.17) is 5.26 Å². The molecule has 0 radical (unpaired) electrons. The molecular weight excluding hydrogens is 236 g/mol. The molecule has 6 heteroatoms. The maximum Gasteiger partial charge on any atom is 0.266 e. The molecule has 1 aliphatic rings. The van der Waals surface area contributed by atoms with E-state index in [-0.39, 0.29) is 17.9 Å². The van der Waals surface area contributed by atoms with Crippen molar-refractivity contribution in [3.63, 3.8) is 0 Å². The van der Waals surface area contributed by atoms with E-state index in [0.29, 0.717) is 16.5 Å². The lowest BCUT2D eigenvalue weighted by Gasteiger charge is -2.10. The van der Waals surface area contributed by atoms with Gasteiger partial charge in [0.05, 0.1) is 11.8 Å². The maximum atomic E-state index is 12.0. The minimum atomic E-state index is -0.371. The molecule has 1 aliphatic carbocycles. The van der Waals surface area contributed by atoms with Crippen LogP contribution in [-0.2, 0) is 0 Å². The molecule has 1 amide bonds. The van der Waals surface area contributed by atoms with Crippen LogP contribution >= 0.6 is 11.5 Å². The first-order valence-electron chi connectivity index (χ1n) is 5.66. The van der Waals surface area contributed by atoms with Crippen molar-refractivity contribution in [1.29, 1.82) is 5.26 Å². The van der Waals surface area contributed by atoms with Crippen LogP contribution in [0.4, 0.5) is 0 Å². The maximum absolute atomic E-state index is 12.0. The average Bonchev–Trinajstić information content (AvgIpc) is 3.00. The topological polar surface area (TPSA) is 78.7 Å². The standard InChI is InChI=1S/C11H14N4OS/c1-6(2)9-10(17-15-14-9)11(16)13-8(5-12)7-3-4-7/h6-8H,3-4H2,1-2H3,(H,13,16). The number of nitrogens with one attached hydrogen (secondary N) is 1. The summed E-state index contributed by atoms with van der Waals surface area (Å²) in [6.45, 7) is 3.94. The zero-order chi connectivity index (χ0) is 12.4. The van der Waals surface area contributed by atoms with Crippen LogP contribution < -0.4 is 5.32 Å². The predicted octanol–water partition coefficient (Wildman–Crippen LogP) is 1.69. The lowest BCUT2D eigenvalue weighted by atomic mass is 10.1. The third kappa shape index (κ3) is 2.61. The number of rotatable bonds is 4. The molecule has 1 saturated carbocycles. The van der Waals surface area contributed by atoms with E-state index in [1.807, 2.05) is 13.8 Å². The number of nitriles is 1. The Bertz CT molecular complexity index is 458. The monoisotopic (exact) mass is 250 g/mol. The third-order valence-corrected chi connectivity index (χ3v) is 3.53. The summed E-state index contributed by atoms with van der Waals surface area (Å²) in [5, 5.41) is 15.7. The van der Waals surface area contributed by atoms with Crippen molar-refractivity contribution in [3.8, 4) is 6.07 Å². The molecule has 1 aromatic rings. The first kappa shape index (κ1) is 12.0. The SMILES string of the molecule is CC(C)c1nnsc1C(=O)NC(C#N)C1CC1. The molecule has 1 N–H and O–H groups in total. The number of hydrogen-bond acceptors (Lipinski definition) is 5. The Morgan fingerprint density at radius 3 is 2.82 bits per heavy atom. The van der Waals surface area contributed by atoms with Crippen molar-refractivity contribution >= 4 is 17.4 Å². The van der Waals surface area contributed by atoms with Crippen LogP contribution in [0.3, 0.4) is 0 Å². The van der Waals surface area contributed by atoms with E-state index in [2.05, 4.69) is 21.0 Å². The van der Waals surface area contributed by atoms with Crippen molar-refractivity contribution in [2.24, 2.45) is 5.92 Å². The minimum Gasteiger partial charge on any atom is -0.335 e. The molecule has 90 valence electrons. The molecule has 0 bridgehead atoms. The summed E-state index contributed by atoms with van der Waals surface area (Å²) < 4.78 is 3.81. The van der Waals surface area contributed by atoms with E-state index in [1.54, 1.807) is 0 Å². The van der Waals surface area contributed by atoms with Gasteiger partial charge in [0.1, 0.15) is 10.9 Å². The molecular formula is C11H14N4OS. The summed E-state index contributed by atoms with van der Waals surface area (Å²) in [6.07, 6.45) is 2.05. The number of carbonyl (C=O) groups is 1. The summed E-state index contributed by atoms with van der Waals surface area (Å²) >= 11 is 1.09. The second-order valence-corrected chi connectivity index (χ2v) is 5.31. The van der Waals surface area contributed by atoms with Crippen molar-refractivity contribution in [2.75, 3.05) is 0 Å². The zero-order valence-electron chi connectivity index (χ0n) is 9.80. The van der Waals surface area contributed by atoms with E-state index in [1.165, 1.54) is 0 Å². The highest BCUT2D eigenvalue weighted by molar-refractivity contribution is 7.08. The van der Waals surface area contributed by atoms with Crippen molar-refractivity contribution in [3.05, 3.63) is 10.6 Å². The normalized spacial score (nSPS) is 16.6. The van der Waals surface area contributed by atoms with Gasteiger partial charge in [-0.3, -0.25) is 4.79 Å². The van der Waals surface area contributed by atoms with E-state index in [0.717, 1.165) is 24.4 Å². The second kappa shape index (κ2) is 4.80. The Kier molecular flexibility index (Phi) is 3.38. The Labute approximate surface area is 104 Å². The lowest BCUT2D eigenvalue weighted by molar-refractivity contribution is 0.0944. The number of hydrogen-bond donors (Lipinski definition) is 1. The van der Waals surface area contributed by atoms with Crippen LogP contribution in [0, 0.1) is 17.2 Å². The Hall–Kier alpha value is -1.48. The van der Waals surface area contributed by atoms with Gasteiger partial charge in [0.15, 0.2) is 0 Å². The molecule has 0 spiro atoms. The minimum absolute atomic E-state index is 0.163. The van der Waals surface area contributed by atoms with Crippen molar-refractivity contribution in [1.82, 2.24) is 14.9 Å². The van der Waals surface area contributed by atoms with Crippen LogP contribution in [0.15, 0.2) is 0 Å². The highest BCUT2D eigenvalue weighted by atomic mass is 32.1. The number of carbonyl (C=O) groups excluding carboxylic acids is 1. The van der Waals surface area contributed by atoms with Gasteiger partial charge in [-0.2, -0.15) is 5.26 Å². The summed E-state index contributed by atoms with van der Waals surface area (Å²) in [6, 6.07) is 1.77. The van der Waals surface area contributed by atoms with Gasteiger partial charge in [-0.15, -0.1) is 5.10 Å². The van der Waals surface area contributed by atoms with Crippen LogP contribution in [0.1, 0.15) is 48.0 Å². The average molecular weight is 250 g/mol. The fourth-order valence-corrected chi connectivity index (χ4v) is 2.35. The molecule has 5 nitrogen and oxygen atoms in total. The van der Waals surface area contributed by atoms with E-state index in [9.17, 15) is 4.79 Å². The largest absolute Gasteiger partial charge is 0.335 e. The first-order chi connectivity index (χ1) is 8.13. The first-order valence-corrected chi connectivity index (χ1v) is 6.43. The van der Waals surface area contributed by atoms with Crippen LogP contribution in [0.5, 0.6) is 0 Å². The van der Waals surface area contributed by atoms with Gasteiger partial charge >= 0.3 is 0 Å². The number of amides is 1. The van der Waals surface area contributed by atoms with Crippen LogP contribution in [0.2, 0.25) is 0 Å². The Morgan fingerprint density at radius 1 is 1.59 bits per heavy atom. The Balaban J connectivity index is 2.09. The van der Waals surface area contributed by atoms with Gasteiger partial charge in [0.25, 0.3) is 5.91 Å². The molecule has 2 rings (SSSR count). The fraction of sp³-hybridized carbons (Fsp3) is 0.636. The summed E-state index contributed by atoms with van der Waals surface area (Å²) in [5.41, 5.74) is 0.708. The van der Waals surface area contributed by atoms with Gasteiger partial charge in [-0.05, 0) is 36.2 Å². The molecule has 1 fully saturated rings. The highest BCUT2D eigenvalue weighted by Gasteiger charge is 2.33. The van der Waals surface area contributed by atoms with Crippen molar-refractivity contribution < 1.29 is 4.79 Å². The summed E-state index contributed by atoms with van der Waals surface area (Å²) in [5.74, 6) is 0.269. The number of aromatic nitrogens is 2. The van der Waals surface area contributed by atoms with E-state index < -0.39 is 0 Å². The van der Waals surface area contributed by atoms with Crippen LogP contribution in [0.25, 0.3) is 0 Å². The van der Waals surface area contributed by atoms with Crippen LogP contribution in [-0.4, -0.2) is 21.5 Å². The van der Waals surface area contributed by atoms with Gasteiger partial charge < -0.3 is 5.32 Å². The molecule has 1 unspecified atom stereocenters. The highest BCUT2D eigenvalue weighted by Crippen LogP contribution is 2.32. The fourth-order valence-electron chi connectivity index (χ4n) is 1.62. The Morgan fingerprint density at radius 2 is 2.29 bits per heavy atom. The molecule has 1 atom stereocenters. The summed E-state index contributed by atoms with van der Waals surface area (Å²) in [7, 11) is 0. The van der Waals surface area contributed by atoms with Gasteiger partial charge in [0, 0.05) is 0 Å². The van der Waals surface area contributed by atoms with Gasteiger partial charge in [0.2, 0.25) is 0 Å². The quantitative estimate of drug-likeness (QED) is 0.882.